The molecule has 8 heteroatoms. The van der Waals surface area contributed by atoms with Crippen LogP contribution in [0.3, 0.4) is 0 Å². The molecule has 1 rings (SSSR count). The van der Waals surface area contributed by atoms with E-state index in [1.165, 1.54) is 6.07 Å². The normalized spacial score (nSPS) is 10.5. The van der Waals surface area contributed by atoms with Gasteiger partial charge in [0.2, 0.25) is 0 Å². The summed E-state index contributed by atoms with van der Waals surface area (Å²) >= 11 is 0. The van der Waals surface area contributed by atoms with Crippen LogP contribution < -0.4 is 4.74 Å². The van der Waals surface area contributed by atoms with Crippen LogP contribution in [0, 0.1) is 11.3 Å². The number of methoxy groups -OCH3 is 1. The predicted molar refractivity (Wildman–Crippen MR) is 54.6 cm³/mol. The molecule has 0 saturated heterocycles. The van der Waals surface area contributed by atoms with Crippen LogP contribution in [0.5, 0.6) is 5.75 Å². The second-order valence-electron chi connectivity index (χ2n) is 3.17. The SMILES string of the molecule is COC(=O)c1ccc(OC(F)(F)F)c(C=O)c1C#N. The second-order valence-corrected chi connectivity index (χ2v) is 3.17. The highest BCUT2D eigenvalue weighted by molar-refractivity contribution is 5.97. The molecule has 0 aliphatic heterocycles. The molecule has 0 saturated carbocycles. The van der Waals surface area contributed by atoms with E-state index in [9.17, 15) is 22.8 Å². The highest BCUT2D eigenvalue weighted by atomic mass is 19.4. The molecular weight excluding hydrogens is 267 g/mol. The Morgan fingerprint density at radius 3 is 2.47 bits per heavy atom. The molecule has 0 aromatic heterocycles. The molecule has 1 aromatic carbocycles. The van der Waals surface area contributed by atoms with Crippen LogP contribution in [0.2, 0.25) is 0 Å². The van der Waals surface area contributed by atoms with Gasteiger partial charge < -0.3 is 9.47 Å². The lowest BCUT2D eigenvalue weighted by atomic mass is 10.0. The van der Waals surface area contributed by atoms with E-state index < -0.39 is 29.2 Å². The van der Waals surface area contributed by atoms with Gasteiger partial charge in [-0.25, -0.2) is 4.79 Å². The number of ether oxygens (including phenoxy) is 2. The van der Waals surface area contributed by atoms with Gasteiger partial charge in [-0.05, 0) is 12.1 Å². The lowest BCUT2D eigenvalue weighted by molar-refractivity contribution is -0.274. The molecule has 5 nitrogen and oxygen atoms in total. The first kappa shape index (κ1) is 14.5. The monoisotopic (exact) mass is 273 g/mol. The largest absolute Gasteiger partial charge is 0.573 e. The number of halogens is 3. The van der Waals surface area contributed by atoms with Crippen LogP contribution in [0.1, 0.15) is 26.3 Å². The summed E-state index contributed by atoms with van der Waals surface area (Å²) in [5.74, 6) is -1.80. The molecule has 0 fully saturated rings. The summed E-state index contributed by atoms with van der Waals surface area (Å²) in [6.45, 7) is 0. The summed E-state index contributed by atoms with van der Waals surface area (Å²) in [6, 6.07) is 3.16. The summed E-state index contributed by atoms with van der Waals surface area (Å²) in [7, 11) is 1.03. The molecule has 0 aliphatic carbocycles. The minimum atomic E-state index is -5.02. The topological polar surface area (TPSA) is 76.4 Å². The molecule has 19 heavy (non-hydrogen) atoms. The standard InChI is InChI=1S/C11H6F3NO4/c1-18-10(17)6-2-3-9(19-11(12,13)14)8(5-16)7(6)4-15/h2-3,5H,1H3. The van der Waals surface area contributed by atoms with E-state index in [0.717, 1.165) is 19.2 Å². The fraction of sp³-hybridized carbons (Fsp3) is 0.182. The number of carbonyl (C=O) groups excluding carboxylic acids is 2. The molecule has 100 valence electrons. The number of aldehydes is 1. The van der Waals surface area contributed by atoms with Gasteiger partial charge in [0.05, 0.1) is 23.8 Å². The summed E-state index contributed by atoms with van der Waals surface area (Å²) in [6.07, 6.45) is -5.01. The lowest BCUT2D eigenvalue weighted by Crippen LogP contribution is -2.19. The number of alkyl halides is 3. The van der Waals surface area contributed by atoms with Crippen molar-refractivity contribution in [3.05, 3.63) is 28.8 Å². The predicted octanol–water partition coefficient (Wildman–Crippen LogP) is 2.06. The van der Waals surface area contributed by atoms with Crippen molar-refractivity contribution in [2.24, 2.45) is 0 Å². The molecule has 0 aliphatic rings. The van der Waals surface area contributed by atoms with Crippen molar-refractivity contribution in [2.45, 2.75) is 6.36 Å². The van der Waals surface area contributed by atoms with Gasteiger partial charge >= 0.3 is 12.3 Å². The van der Waals surface area contributed by atoms with Crippen molar-refractivity contribution in [3.63, 3.8) is 0 Å². The number of hydrogen-bond acceptors (Lipinski definition) is 5. The van der Waals surface area contributed by atoms with Crippen LogP contribution >= 0.6 is 0 Å². The summed E-state index contributed by atoms with van der Waals surface area (Å²) in [5.41, 5.74) is -1.52. The highest BCUT2D eigenvalue weighted by Gasteiger charge is 2.33. The van der Waals surface area contributed by atoms with Gasteiger partial charge in [-0.15, -0.1) is 13.2 Å². The van der Waals surface area contributed by atoms with Crippen LogP contribution in [0.25, 0.3) is 0 Å². The van der Waals surface area contributed by atoms with Crippen molar-refractivity contribution in [3.8, 4) is 11.8 Å². The number of esters is 1. The fourth-order valence-electron chi connectivity index (χ4n) is 1.33. The van der Waals surface area contributed by atoms with Crippen molar-refractivity contribution in [2.75, 3.05) is 7.11 Å². The number of nitriles is 1. The van der Waals surface area contributed by atoms with E-state index in [1.807, 2.05) is 0 Å². The number of hydrogen-bond donors (Lipinski definition) is 0. The molecule has 0 N–H and O–H groups in total. The Balaban J connectivity index is 3.44. The minimum Gasteiger partial charge on any atom is -0.465 e. The van der Waals surface area contributed by atoms with E-state index in [0.29, 0.717) is 0 Å². The summed E-state index contributed by atoms with van der Waals surface area (Å²) < 4.78 is 44.3. The van der Waals surface area contributed by atoms with Gasteiger partial charge in [-0.1, -0.05) is 0 Å². The van der Waals surface area contributed by atoms with Gasteiger partial charge in [0.1, 0.15) is 11.8 Å². The second kappa shape index (κ2) is 5.39. The molecular formula is C11H6F3NO4. The van der Waals surface area contributed by atoms with Crippen LogP contribution in [0.15, 0.2) is 12.1 Å². The Morgan fingerprint density at radius 1 is 1.42 bits per heavy atom. The van der Waals surface area contributed by atoms with Crippen LogP contribution in [0.4, 0.5) is 13.2 Å². The van der Waals surface area contributed by atoms with Crippen LogP contribution in [-0.2, 0) is 4.74 Å². The van der Waals surface area contributed by atoms with E-state index in [4.69, 9.17) is 5.26 Å². The van der Waals surface area contributed by atoms with Crippen molar-refractivity contribution in [1.82, 2.24) is 0 Å². The Bertz CT molecular complexity index is 560. The smallest absolute Gasteiger partial charge is 0.465 e. The molecule has 0 spiro atoms. The first-order valence-corrected chi connectivity index (χ1v) is 4.70. The lowest BCUT2D eigenvalue weighted by Gasteiger charge is -2.12. The fourth-order valence-corrected chi connectivity index (χ4v) is 1.33. The van der Waals surface area contributed by atoms with E-state index in [2.05, 4.69) is 9.47 Å². The molecule has 0 amide bonds. The van der Waals surface area contributed by atoms with Crippen molar-refractivity contribution in [1.29, 1.82) is 5.26 Å². The zero-order chi connectivity index (χ0) is 14.6. The highest BCUT2D eigenvalue weighted by Crippen LogP contribution is 2.29. The van der Waals surface area contributed by atoms with E-state index in [1.54, 1.807) is 0 Å². The average Bonchev–Trinajstić information content (AvgIpc) is 2.35. The first-order chi connectivity index (χ1) is 8.84. The zero-order valence-corrected chi connectivity index (χ0v) is 9.45. The first-order valence-electron chi connectivity index (χ1n) is 4.70. The third-order valence-electron chi connectivity index (χ3n) is 2.07. The Morgan fingerprint density at radius 2 is 2.05 bits per heavy atom. The Kier molecular flexibility index (Phi) is 4.11. The molecule has 1 aromatic rings. The van der Waals surface area contributed by atoms with E-state index in [-0.39, 0.29) is 11.8 Å². The maximum absolute atomic E-state index is 12.1. The van der Waals surface area contributed by atoms with E-state index >= 15 is 0 Å². The number of rotatable bonds is 3. The third kappa shape index (κ3) is 3.22. The van der Waals surface area contributed by atoms with Gasteiger partial charge in [0.25, 0.3) is 0 Å². The number of benzene rings is 1. The molecule has 0 bridgehead atoms. The molecule has 0 radical (unpaired) electrons. The Hall–Kier alpha value is -2.56. The zero-order valence-electron chi connectivity index (χ0n) is 9.45. The molecule has 0 heterocycles. The Labute approximate surface area is 105 Å². The molecule has 0 unspecified atom stereocenters. The van der Waals surface area contributed by atoms with Crippen molar-refractivity contribution >= 4 is 12.3 Å². The summed E-state index contributed by atoms with van der Waals surface area (Å²) in [4.78, 5) is 22.1. The summed E-state index contributed by atoms with van der Waals surface area (Å²) in [5, 5.41) is 8.84. The number of nitrogens with zero attached hydrogens (tertiary/aromatic N) is 1. The quantitative estimate of drug-likeness (QED) is 0.622. The maximum Gasteiger partial charge on any atom is 0.573 e. The third-order valence-corrected chi connectivity index (χ3v) is 2.07. The van der Waals surface area contributed by atoms with Gasteiger partial charge in [0, 0.05) is 0 Å². The van der Waals surface area contributed by atoms with Gasteiger partial charge in [-0.3, -0.25) is 4.79 Å². The van der Waals surface area contributed by atoms with Crippen LogP contribution in [-0.4, -0.2) is 25.7 Å². The minimum absolute atomic E-state index is 0.00602. The average molecular weight is 273 g/mol. The van der Waals surface area contributed by atoms with Gasteiger partial charge in [0.15, 0.2) is 6.29 Å². The maximum atomic E-state index is 12.1. The van der Waals surface area contributed by atoms with Gasteiger partial charge in [-0.2, -0.15) is 5.26 Å². The molecule has 0 atom stereocenters. The number of carbonyl (C=O) groups is 2. The van der Waals surface area contributed by atoms with Crippen molar-refractivity contribution < 1.29 is 32.2 Å².